The van der Waals surface area contributed by atoms with E-state index in [1.165, 1.54) is 6.07 Å². The summed E-state index contributed by atoms with van der Waals surface area (Å²) in [4.78, 5) is 17.4. The van der Waals surface area contributed by atoms with Crippen molar-refractivity contribution in [2.24, 2.45) is 4.99 Å². The van der Waals surface area contributed by atoms with Gasteiger partial charge in [0.25, 0.3) is 0 Å². The van der Waals surface area contributed by atoms with Crippen LogP contribution in [0.15, 0.2) is 51.9 Å². The molecule has 7 heteroatoms. The summed E-state index contributed by atoms with van der Waals surface area (Å²) in [6, 6.07) is 10.3. The Hall–Kier alpha value is -2.21. The molecule has 2 heterocycles. The minimum absolute atomic E-state index is 0.0687. The molecule has 3 aromatic rings. The van der Waals surface area contributed by atoms with E-state index in [1.54, 1.807) is 23.9 Å². The molecule has 0 radical (unpaired) electrons. The van der Waals surface area contributed by atoms with Gasteiger partial charge in [0.2, 0.25) is 5.78 Å². The van der Waals surface area contributed by atoms with Gasteiger partial charge in [0.05, 0.1) is 21.5 Å². The van der Waals surface area contributed by atoms with Gasteiger partial charge in [-0.1, -0.05) is 29.3 Å². The summed E-state index contributed by atoms with van der Waals surface area (Å²) in [5.74, 6) is 0.565. The van der Waals surface area contributed by atoms with Gasteiger partial charge in [0.15, 0.2) is 5.76 Å². The molecule has 2 aromatic carbocycles. The van der Waals surface area contributed by atoms with Gasteiger partial charge in [0.1, 0.15) is 5.58 Å². The maximum atomic E-state index is 12.9. The third kappa shape index (κ3) is 3.38. The fourth-order valence-electron chi connectivity index (χ4n) is 2.91. The number of nitrogen functional groups attached to an aromatic ring is 1. The number of ketones is 1. The van der Waals surface area contributed by atoms with Crippen molar-refractivity contribution in [3.8, 4) is 0 Å². The zero-order valence-electron chi connectivity index (χ0n) is 14.3. The highest BCUT2D eigenvalue weighted by atomic mass is 35.5. The van der Waals surface area contributed by atoms with Crippen molar-refractivity contribution in [2.45, 2.75) is 6.92 Å². The smallest absolute Gasteiger partial charge is 0.231 e. The van der Waals surface area contributed by atoms with E-state index in [0.717, 1.165) is 22.1 Å². The number of rotatable bonds is 3. The number of hydrogen-bond donors (Lipinski definition) is 1. The number of nitrogens with two attached hydrogens (primary N) is 1. The molecule has 136 valence electrons. The van der Waals surface area contributed by atoms with Crippen molar-refractivity contribution in [2.75, 3.05) is 11.5 Å². The average Bonchev–Trinajstić information content (AvgIpc) is 2.97. The van der Waals surface area contributed by atoms with Crippen molar-refractivity contribution < 1.29 is 9.21 Å². The summed E-state index contributed by atoms with van der Waals surface area (Å²) in [6.07, 6.45) is 2.06. The number of nitrogens with zero attached hydrogens (tertiary/aromatic N) is 1. The van der Waals surface area contributed by atoms with Crippen LogP contribution in [0.4, 0.5) is 5.69 Å². The van der Waals surface area contributed by atoms with Crippen LogP contribution in [-0.4, -0.2) is 16.6 Å². The summed E-state index contributed by atoms with van der Waals surface area (Å²) in [5.41, 5.74) is 9.10. The molecule has 0 saturated heterocycles. The summed E-state index contributed by atoms with van der Waals surface area (Å²) >= 11 is 13.8. The van der Waals surface area contributed by atoms with E-state index >= 15 is 0 Å². The first-order chi connectivity index (χ1) is 12.9. The first kappa shape index (κ1) is 18.2. The first-order valence-corrected chi connectivity index (χ1v) is 9.88. The van der Waals surface area contributed by atoms with Gasteiger partial charge in [-0.05, 0) is 43.3 Å². The molecule has 2 N–H and O–H groups in total. The molecule has 0 spiro atoms. The second kappa shape index (κ2) is 7.08. The predicted molar refractivity (Wildman–Crippen MR) is 114 cm³/mol. The Bertz CT molecular complexity index is 1150. The van der Waals surface area contributed by atoms with E-state index in [2.05, 4.69) is 11.1 Å². The number of carbonyl (C=O) groups is 1. The van der Waals surface area contributed by atoms with Gasteiger partial charge in [-0.3, -0.25) is 4.79 Å². The number of thioether (sulfide) groups is 1. The molecule has 0 saturated carbocycles. The lowest BCUT2D eigenvalue weighted by molar-refractivity contribution is 0.101. The average molecular weight is 417 g/mol. The van der Waals surface area contributed by atoms with Gasteiger partial charge in [-0.15, -0.1) is 11.8 Å². The molecule has 0 unspecified atom stereocenters. The molecule has 1 aliphatic rings. The lowest BCUT2D eigenvalue weighted by Gasteiger charge is -2.09. The summed E-state index contributed by atoms with van der Waals surface area (Å²) in [6.45, 7) is 1.98. The lowest BCUT2D eigenvalue weighted by Crippen LogP contribution is -2.03. The Labute approximate surface area is 170 Å². The highest BCUT2D eigenvalue weighted by molar-refractivity contribution is 8.14. The van der Waals surface area contributed by atoms with E-state index in [-0.39, 0.29) is 16.6 Å². The second-order valence-corrected chi connectivity index (χ2v) is 8.10. The van der Waals surface area contributed by atoms with Crippen LogP contribution in [0.5, 0.6) is 0 Å². The fraction of sp³-hybridized carbons (Fsp3) is 0.100. The maximum Gasteiger partial charge on any atom is 0.231 e. The molecular weight excluding hydrogens is 403 g/mol. The summed E-state index contributed by atoms with van der Waals surface area (Å²) in [7, 11) is 0. The Kier molecular flexibility index (Phi) is 4.76. The third-order valence-electron chi connectivity index (χ3n) is 4.25. The maximum absolute atomic E-state index is 12.9. The quantitative estimate of drug-likeness (QED) is 0.526. The van der Waals surface area contributed by atoms with Gasteiger partial charge in [-0.25, -0.2) is 4.99 Å². The minimum atomic E-state index is -0.380. The van der Waals surface area contributed by atoms with Crippen LogP contribution in [0.1, 0.15) is 28.6 Å². The van der Waals surface area contributed by atoms with Gasteiger partial charge in [0, 0.05) is 27.3 Å². The molecule has 1 aromatic heterocycles. The number of hydrogen-bond acceptors (Lipinski definition) is 5. The zero-order valence-corrected chi connectivity index (χ0v) is 16.6. The van der Waals surface area contributed by atoms with E-state index in [4.69, 9.17) is 33.4 Å². The Morgan fingerprint density at radius 1 is 1.22 bits per heavy atom. The monoisotopic (exact) mass is 416 g/mol. The normalized spacial score (nSPS) is 14.2. The Balaban J connectivity index is 1.78. The standard InChI is InChI=1S/C20H14Cl2N2O2S/c1-10-24-16(6-7-27-10)11-2-4-14-17(8-11)26-20(18(14)23)19(25)13-5-3-12(21)9-15(13)22/h2-6,8-9H,7,23H2,1H3. The van der Waals surface area contributed by atoms with Crippen molar-refractivity contribution in [3.05, 3.63) is 69.4 Å². The fourth-order valence-corrected chi connectivity index (χ4v) is 4.05. The Morgan fingerprint density at radius 3 is 2.78 bits per heavy atom. The molecule has 0 atom stereocenters. The third-order valence-corrected chi connectivity index (χ3v) is 5.64. The van der Waals surface area contributed by atoms with Crippen LogP contribution in [0.3, 0.4) is 0 Å². The lowest BCUT2D eigenvalue weighted by atomic mass is 10.1. The van der Waals surface area contributed by atoms with E-state index < -0.39 is 0 Å². The van der Waals surface area contributed by atoms with Crippen LogP contribution in [0.25, 0.3) is 16.7 Å². The molecule has 0 aliphatic carbocycles. The molecule has 0 fully saturated rings. The highest BCUT2D eigenvalue weighted by Crippen LogP contribution is 2.34. The number of furan rings is 1. The Morgan fingerprint density at radius 2 is 2.04 bits per heavy atom. The highest BCUT2D eigenvalue weighted by Gasteiger charge is 2.22. The number of halogens is 2. The molecule has 4 nitrogen and oxygen atoms in total. The van der Waals surface area contributed by atoms with Crippen LogP contribution < -0.4 is 5.73 Å². The molecular formula is C20H14Cl2N2O2S. The summed E-state index contributed by atoms with van der Waals surface area (Å²) in [5, 5.41) is 2.40. The van der Waals surface area contributed by atoms with E-state index in [9.17, 15) is 4.79 Å². The first-order valence-electron chi connectivity index (χ1n) is 8.14. The summed E-state index contributed by atoms with van der Waals surface area (Å²) < 4.78 is 5.81. The van der Waals surface area contributed by atoms with Crippen molar-refractivity contribution in [1.29, 1.82) is 0 Å². The number of anilines is 1. The second-order valence-electron chi connectivity index (χ2n) is 6.04. The molecule has 0 bridgehead atoms. The largest absolute Gasteiger partial charge is 0.450 e. The molecule has 27 heavy (non-hydrogen) atoms. The van der Waals surface area contributed by atoms with Crippen LogP contribution >= 0.6 is 35.0 Å². The van der Waals surface area contributed by atoms with Gasteiger partial charge < -0.3 is 10.2 Å². The zero-order chi connectivity index (χ0) is 19.1. The van der Waals surface area contributed by atoms with Crippen molar-refractivity contribution in [3.63, 3.8) is 0 Å². The van der Waals surface area contributed by atoms with Crippen molar-refractivity contribution in [1.82, 2.24) is 0 Å². The van der Waals surface area contributed by atoms with Gasteiger partial charge >= 0.3 is 0 Å². The number of aliphatic imine (C=N–C) groups is 1. The van der Waals surface area contributed by atoms with Gasteiger partial charge in [-0.2, -0.15) is 0 Å². The number of benzene rings is 2. The topological polar surface area (TPSA) is 68.6 Å². The SMILES string of the molecule is CC1=NC(c2ccc3c(N)c(C(=O)c4ccc(Cl)cc4Cl)oc3c2)=CCS1. The molecule has 4 rings (SSSR count). The van der Waals surface area contributed by atoms with Crippen molar-refractivity contribution >= 4 is 68.1 Å². The van der Waals surface area contributed by atoms with Crippen LogP contribution in [0.2, 0.25) is 10.0 Å². The van der Waals surface area contributed by atoms with Crippen LogP contribution in [0, 0.1) is 0 Å². The van der Waals surface area contributed by atoms with E-state index in [1.807, 2.05) is 25.1 Å². The number of fused-ring (bicyclic) bond motifs is 1. The van der Waals surface area contributed by atoms with Crippen LogP contribution in [-0.2, 0) is 0 Å². The predicted octanol–water partition coefficient (Wildman–Crippen LogP) is 6.06. The minimum Gasteiger partial charge on any atom is -0.450 e. The number of carbonyl (C=O) groups excluding carboxylic acids is 1. The molecule has 0 amide bonds. The van der Waals surface area contributed by atoms with E-state index in [0.29, 0.717) is 27.2 Å². The molecule has 1 aliphatic heterocycles.